The molecule has 4 nitrogen and oxygen atoms in total. The van der Waals surface area contributed by atoms with Crippen LogP contribution >= 0.6 is 0 Å². The van der Waals surface area contributed by atoms with Gasteiger partial charge in [0.15, 0.2) is 0 Å². The predicted octanol–water partition coefficient (Wildman–Crippen LogP) is 1.89. The lowest BCUT2D eigenvalue weighted by Gasteiger charge is -2.31. The fourth-order valence-corrected chi connectivity index (χ4v) is 2.87. The van der Waals surface area contributed by atoms with E-state index in [4.69, 9.17) is 0 Å². The van der Waals surface area contributed by atoms with Crippen molar-refractivity contribution in [2.45, 2.75) is 25.7 Å². The lowest BCUT2D eigenvalue weighted by Crippen LogP contribution is -2.32. The highest BCUT2D eigenvalue weighted by Gasteiger charge is 2.19. The second kappa shape index (κ2) is 5.13. The molecule has 3 rings (SSSR count). The molecule has 2 aromatic heterocycles. The predicted molar refractivity (Wildman–Crippen MR) is 75.6 cm³/mol. The summed E-state index contributed by atoms with van der Waals surface area (Å²) in [6.07, 6.45) is 5.89. The minimum Gasteiger partial charge on any atom is -0.304 e. The van der Waals surface area contributed by atoms with Gasteiger partial charge in [0.05, 0.1) is 0 Å². The van der Waals surface area contributed by atoms with Crippen LogP contribution in [-0.2, 0) is 0 Å². The van der Waals surface area contributed by atoms with Gasteiger partial charge in [-0.3, -0.25) is 9.20 Å². The highest BCUT2D eigenvalue weighted by molar-refractivity contribution is 5.39. The summed E-state index contributed by atoms with van der Waals surface area (Å²) in [4.78, 5) is 18.5. The zero-order valence-electron chi connectivity index (χ0n) is 11.2. The number of rotatable bonds is 2. The van der Waals surface area contributed by atoms with E-state index in [0.717, 1.165) is 25.3 Å². The lowest BCUT2D eigenvalue weighted by molar-refractivity contribution is 0.222. The van der Waals surface area contributed by atoms with Crippen LogP contribution in [0.25, 0.3) is 5.65 Å². The van der Waals surface area contributed by atoms with Crippen LogP contribution < -0.4 is 5.56 Å². The van der Waals surface area contributed by atoms with Crippen molar-refractivity contribution in [3.63, 3.8) is 0 Å². The number of hydrogen-bond acceptors (Lipinski definition) is 3. The van der Waals surface area contributed by atoms with Gasteiger partial charge in [0.2, 0.25) is 0 Å². The average Bonchev–Trinajstić information content (AvgIpc) is 2.47. The summed E-state index contributed by atoms with van der Waals surface area (Å²) in [5.41, 5.74) is 1.98. The molecule has 100 valence electrons. The molecule has 19 heavy (non-hydrogen) atoms. The summed E-state index contributed by atoms with van der Waals surface area (Å²) < 4.78 is 1.65. The Morgan fingerprint density at radius 2 is 2.05 bits per heavy atom. The molecule has 0 saturated carbocycles. The summed E-state index contributed by atoms with van der Waals surface area (Å²) in [6.45, 7) is 5.65. The van der Waals surface area contributed by atoms with E-state index in [1.807, 2.05) is 12.3 Å². The van der Waals surface area contributed by atoms with Crippen molar-refractivity contribution < 1.29 is 0 Å². The number of fused-ring (bicyclic) bond motifs is 1. The minimum atomic E-state index is -0.00200. The van der Waals surface area contributed by atoms with Gasteiger partial charge in [-0.15, -0.1) is 0 Å². The van der Waals surface area contributed by atoms with Crippen LogP contribution in [0.2, 0.25) is 0 Å². The summed E-state index contributed by atoms with van der Waals surface area (Å²) in [7, 11) is 0. The van der Waals surface area contributed by atoms with E-state index >= 15 is 0 Å². The monoisotopic (exact) mass is 257 g/mol. The van der Waals surface area contributed by atoms with Gasteiger partial charge >= 0.3 is 0 Å². The van der Waals surface area contributed by atoms with Crippen LogP contribution in [0.1, 0.15) is 31.2 Å². The maximum Gasteiger partial charge on any atom is 0.257 e. The van der Waals surface area contributed by atoms with E-state index in [1.165, 1.54) is 24.5 Å². The molecule has 0 aliphatic carbocycles. The molecule has 0 aromatic carbocycles. The molecule has 0 N–H and O–H groups in total. The average molecular weight is 257 g/mol. The van der Waals surface area contributed by atoms with Crippen LogP contribution in [0, 0.1) is 0 Å². The number of hydrogen-bond donors (Lipinski definition) is 0. The van der Waals surface area contributed by atoms with Crippen molar-refractivity contribution >= 4 is 5.65 Å². The number of aromatic nitrogens is 2. The Balaban J connectivity index is 1.90. The summed E-state index contributed by atoms with van der Waals surface area (Å²) in [5, 5.41) is 0. The van der Waals surface area contributed by atoms with Crippen molar-refractivity contribution in [1.82, 2.24) is 14.3 Å². The minimum absolute atomic E-state index is 0.00200. The molecule has 2 aromatic rings. The van der Waals surface area contributed by atoms with Gasteiger partial charge in [-0.05, 0) is 50.0 Å². The quantitative estimate of drug-likeness (QED) is 0.824. The number of pyridine rings is 1. The van der Waals surface area contributed by atoms with Crippen molar-refractivity contribution in [1.29, 1.82) is 0 Å². The van der Waals surface area contributed by atoms with Crippen LogP contribution in [0.3, 0.4) is 0 Å². The van der Waals surface area contributed by atoms with Gasteiger partial charge in [0.1, 0.15) is 5.65 Å². The molecule has 0 atom stereocenters. The second-order valence-electron chi connectivity index (χ2n) is 5.18. The van der Waals surface area contributed by atoms with Crippen molar-refractivity contribution in [3.05, 3.63) is 46.5 Å². The van der Waals surface area contributed by atoms with Crippen LogP contribution in [0.15, 0.2) is 35.4 Å². The zero-order chi connectivity index (χ0) is 13.2. The maximum absolute atomic E-state index is 11.8. The Kier molecular flexibility index (Phi) is 3.34. The number of piperidine rings is 1. The van der Waals surface area contributed by atoms with Gasteiger partial charge in [-0.1, -0.05) is 13.0 Å². The third kappa shape index (κ3) is 2.40. The van der Waals surface area contributed by atoms with Crippen LogP contribution in [0.4, 0.5) is 0 Å². The molecule has 0 unspecified atom stereocenters. The molecule has 0 amide bonds. The summed E-state index contributed by atoms with van der Waals surface area (Å²) >= 11 is 0. The van der Waals surface area contributed by atoms with E-state index in [0.29, 0.717) is 5.92 Å². The first-order chi connectivity index (χ1) is 9.28. The number of likely N-dealkylation sites (tertiary alicyclic amines) is 1. The lowest BCUT2D eigenvalue weighted by atomic mass is 9.90. The number of nitrogens with zero attached hydrogens (tertiary/aromatic N) is 3. The topological polar surface area (TPSA) is 37.6 Å². The van der Waals surface area contributed by atoms with Gasteiger partial charge in [0.25, 0.3) is 5.56 Å². The zero-order valence-corrected chi connectivity index (χ0v) is 11.2. The van der Waals surface area contributed by atoms with Crippen molar-refractivity contribution in [2.24, 2.45) is 0 Å². The van der Waals surface area contributed by atoms with E-state index in [-0.39, 0.29) is 5.56 Å². The van der Waals surface area contributed by atoms with Gasteiger partial charge in [0, 0.05) is 18.5 Å². The van der Waals surface area contributed by atoms with Crippen molar-refractivity contribution in [3.8, 4) is 0 Å². The van der Waals surface area contributed by atoms with Gasteiger partial charge in [-0.2, -0.15) is 0 Å². The highest BCUT2D eigenvalue weighted by Crippen LogP contribution is 2.27. The first-order valence-corrected chi connectivity index (χ1v) is 6.97. The Morgan fingerprint density at radius 1 is 1.26 bits per heavy atom. The third-order valence-electron chi connectivity index (χ3n) is 4.12. The molecule has 0 bridgehead atoms. The van der Waals surface area contributed by atoms with Crippen LogP contribution in [-0.4, -0.2) is 33.9 Å². The molecule has 1 aliphatic heterocycles. The van der Waals surface area contributed by atoms with Crippen LogP contribution in [0.5, 0.6) is 0 Å². The Bertz CT molecular complexity index is 627. The maximum atomic E-state index is 11.8. The van der Waals surface area contributed by atoms with E-state index in [9.17, 15) is 4.79 Å². The molecule has 3 heterocycles. The largest absolute Gasteiger partial charge is 0.304 e. The molecule has 1 fully saturated rings. The summed E-state index contributed by atoms with van der Waals surface area (Å²) in [5.74, 6) is 0.569. The normalized spacial score (nSPS) is 17.9. The third-order valence-corrected chi connectivity index (χ3v) is 4.12. The molecular formula is C15H19N3O. The Labute approximate surface area is 112 Å². The molecule has 1 aliphatic rings. The fourth-order valence-electron chi connectivity index (χ4n) is 2.87. The Hall–Kier alpha value is -1.68. The van der Waals surface area contributed by atoms with Gasteiger partial charge in [-0.25, -0.2) is 4.98 Å². The Morgan fingerprint density at radius 3 is 2.79 bits per heavy atom. The highest BCUT2D eigenvalue weighted by atomic mass is 16.1. The SMILES string of the molecule is CCN1CCC(c2ccc3nccc(=O)n3c2)CC1. The molecule has 0 radical (unpaired) electrons. The fraction of sp³-hybridized carbons (Fsp3) is 0.467. The molecular weight excluding hydrogens is 238 g/mol. The van der Waals surface area contributed by atoms with E-state index < -0.39 is 0 Å². The molecule has 1 saturated heterocycles. The van der Waals surface area contributed by atoms with E-state index in [2.05, 4.69) is 22.9 Å². The first kappa shape index (κ1) is 12.4. The molecule has 4 heteroatoms. The summed E-state index contributed by atoms with van der Waals surface area (Å²) in [6, 6.07) is 5.58. The standard InChI is InChI=1S/C15H19N3O/c1-2-17-9-6-12(7-10-17)13-3-4-14-16-8-5-15(19)18(14)11-13/h3-5,8,11-12H,2,6-7,9-10H2,1H3. The second-order valence-corrected chi connectivity index (χ2v) is 5.18. The molecule has 0 spiro atoms. The first-order valence-electron chi connectivity index (χ1n) is 6.97. The van der Waals surface area contributed by atoms with E-state index in [1.54, 1.807) is 10.6 Å². The van der Waals surface area contributed by atoms with Gasteiger partial charge < -0.3 is 4.90 Å². The van der Waals surface area contributed by atoms with Crippen molar-refractivity contribution in [2.75, 3.05) is 19.6 Å². The smallest absolute Gasteiger partial charge is 0.257 e.